The summed E-state index contributed by atoms with van der Waals surface area (Å²) in [5.74, 6) is 0.599. The lowest BCUT2D eigenvalue weighted by Gasteiger charge is -2.07. The highest BCUT2D eigenvalue weighted by molar-refractivity contribution is 5.93. The van der Waals surface area contributed by atoms with Crippen molar-refractivity contribution in [2.24, 2.45) is 12.0 Å². The Bertz CT molecular complexity index is 1250. The van der Waals surface area contributed by atoms with Crippen LogP contribution in [0.1, 0.15) is 11.3 Å². The van der Waals surface area contributed by atoms with E-state index in [4.69, 9.17) is 11.5 Å². The largest absolute Gasteiger partial charge is 0.383 e. The van der Waals surface area contributed by atoms with E-state index in [9.17, 15) is 4.79 Å². The molecule has 29 heavy (non-hydrogen) atoms. The van der Waals surface area contributed by atoms with Crippen LogP contribution in [0.25, 0.3) is 11.4 Å². The van der Waals surface area contributed by atoms with Crippen molar-refractivity contribution < 1.29 is 0 Å². The molecule has 4 aromatic rings. The molecule has 8 nitrogen and oxygen atoms in total. The molecule has 146 valence electrons. The van der Waals surface area contributed by atoms with Crippen molar-refractivity contribution in [1.82, 2.24) is 19.1 Å². The maximum atomic E-state index is 13.0. The monoisotopic (exact) mass is 387 g/mol. The highest BCUT2D eigenvalue weighted by Gasteiger charge is 2.17. The number of hydrogen-bond acceptors (Lipinski definition) is 5. The first-order chi connectivity index (χ1) is 14.0. The van der Waals surface area contributed by atoms with Gasteiger partial charge in [-0.25, -0.2) is 14.4 Å². The van der Waals surface area contributed by atoms with Gasteiger partial charge in [-0.3, -0.25) is 9.48 Å². The van der Waals surface area contributed by atoms with Gasteiger partial charge in [0.05, 0.1) is 22.6 Å². The molecule has 0 aliphatic rings. The normalized spacial score (nSPS) is 11.4. The van der Waals surface area contributed by atoms with E-state index in [1.54, 1.807) is 14.0 Å². The summed E-state index contributed by atoms with van der Waals surface area (Å²) in [6.07, 6.45) is 1.50. The van der Waals surface area contributed by atoms with E-state index < -0.39 is 0 Å². The second kappa shape index (κ2) is 7.16. The topological polar surface area (TPSA) is 109 Å². The first-order valence-corrected chi connectivity index (χ1v) is 9.06. The average molecular weight is 387 g/mol. The van der Waals surface area contributed by atoms with E-state index in [1.165, 1.54) is 6.21 Å². The van der Waals surface area contributed by atoms with Gasteiger partial charge in [-0.2, -0.15) is 0 Å². The first kappa shape index (κ1) is 18.3. The Morgan fingerprint density at radius 2 is 1.55 bits per heavy atom. The maximum Gasteiger partial charge on any atom is 0.297 e. The van der Waals surface area contributed by atoms with E-state index in [1.807, 2.05) is 74.6 Å². The number of benzene rings is 2. The minimum Gasteiger partial charge on any atom is -0.383 e. The summed E-state index contributed by atoms with van der Waals surface area (Å²) in [7, 11) is 1.82. The van der Waals surface area contributed by atoms with Crippen molar-refractivity contribution in [1.29, 1.82) is 0 Å². The molecule has 4 rings (SSSR count). The van der Waals surface area contributed by atoms with Gasteiger partial charge in [0, 0.05) is 13.3 Å². The van der Waals surface area contributed by atoms with Crippen LogP contribution >= 0.6 is 0 Å². The van der Waals surface area contributed by atoms with Crippen LogP contribution < -0.4 is 17.0 Å². The standard InChI is InChI=1S/C21H21N7O/c1-14-18(21(29)28(26(14)2)16-11-7-4-8-12-16)24-13-17-19(22)25-27(20(17)23)15-9-5-3-6-10-15/h3-13H,23H2,1-2H3,(H2,22,25). The lowest BCUT2D eigenvalue weighted by Crippen LogP contribution is -2.19. The first-order valence-electron chi connectivity index (χ1n) is 9.06. The number of aliphatic imine (C=N–C) groups is 1. The summed E-state index contributed by atoms with van der Waals surface area (Å²) < 4.78 is 4.89. The minimum absolute atomic E-state index is 0.222. The molecular formula is C21H21N7O. The Morgan fingerprint density at radius 1 is 0.966 bits per heavy atom. The van der Waals surface area contributed by atoms with Crippen molar-refractivity contribution in [3.05, 3.63) is 82.3 Å². The number of nitrogens with zero attached hydrogens (tertiary/aromatic N) is 5. The fraction of sp³-hybridized carbons (Fsp3) is 0.0952. The SMILES string of the molecule is Cc1c(N=Cc2c(N)nn(-c3ccccc3)c2N)c(=O)n(-c2ccccc2)n1C. The highest BCUT2D eigenvalue weighted by atomic mass is 16.1. The predicted molar refractivity (Wildman–Crippen MR) is 115 cm³/mol. The molecule has 0 unspecified atom stereocenters. The molecule has 0 saturated heterocycles. The Balaban J connectivity index is 1.77. The van der Waals surface area contributed by atoms with Crippen LogP contribution in [-0.2, 0) is 7.05 Å². The fourth-order valence-corrected chi connectivity index (χ4v) is 3.19. The molecule has 2 aromatic carbocycles. The molecule has 2 aromatic heterocycles. The smallest absolute Gasteiger partial charge is 0.297 e. The summed E-state index contributed by atoms with van der Waals surface area (Å²) >= 11 is 0. The van der Waals surface area contributed by atoms with Crippen LogP contribution in [-0.4, -0.2) is 25.4 Å². The van der Waals surface area contributed by atoms with Crippen LogP contribution in [0, 0.1) is 6.92 Å². The third-order valence-corrected chi connectivity index (χ3v) is 4.84. The van der Waals surface area contributed by atoms with Gasteiger partial charge in [0.2, 0.25) is 0 Å². The number of anilines is 2. The summed E-state index contributed by atoms with van der Waals surface area (Å²) in [6.45, 7) is 1.84. The third-order valence-electron chi connectivity index (χ3n) is 4.84. The Kier molecular flexibility index (Phi) is 4.52. The molecule has 0 fully saturated rings. The Labute approximate surface area is 167 Å². The molecule has 0 aliphatic carbocycles. The summed E-state index contributed by atoms with van der Waals surface area (Å²) in [5.41, 5.74) is 15.2. The number of nitrogens with two attached hydrogens (primary N) is 2. The minimum atomic E-state index is -0.222. The lowest BCUT2D eigenvalue weighted by molar-refractivity contribution is 0.630. The van der Waals surface area contributed by atoms with Crippen LogP contribution in [0.15, 0.2) is 70.5 Å². The highest BCUT2D eigenvalue weighted by Crippen LogP contribution is 2.23. The van der Waals surface area contributed by atoms with E-state index >= 15 is 0 Å². The molecule has 8 heteroatoms. The van der Waals surface area contributed by atoms with E-state index in [2.05, 4.69) is 10.1 Å². The molecule has 0 radical (unpaired) electrons. The summed E-state index contributed by atoms with van der Waals surface area (Å²) in [5, 5.41) is 4.30. The zero-order valence-corrected chi connectivity index (χ0v) is 16.1. The zero-order valence-electron chi connectivity index (χ0n) is 16.1. The molecule has 0 spiro atoms. The molecule has 2 heterocycles. The van der Waals surface area contributed by atoms with Crippen molar-refractivity contribution in [2.75, 3.05) is 11.5 Å². The van der Waals surface area contributed by atoms with E-state index in [0.29, 0.717) is 17.1 Å². The zero-order chi connectivity index (χ0) is 20.5. The summed E-state index contributed by atoms with van der Waals surface area (Å²) in [6, 6.07) is 18.8. The molecule has 0 aliphatic heterocycles. The van der Waals surface area contributed by atoms with Crippen LogP contribution in [0.3, 0.4) is 0 Å². The van der Waals surface area contributed by atoms with Crippen LogP contribution in [0.5, 0.6) is 0 Å². The number of hydrogen-bond donors (Lipinski definition) is 2. The van der Waals surface area contributed by atoms with Crippen molar-refractivity contribution in [3.8, 4) is 11.4 Å². The molecule has 0 amide bonds. The van der Waals surface area contributed by atoms with Crippen LogP contribution in [0.2, 0.25) is 0 Å². The molecule has 0 saturated carbocycles. The number of nitrogen functional groups attached to an aromatic ring is 2. The molecule has 0 bridgehead atoms. The van der Waals surface area contributed by atoms with Crippen molar-refractivity contribution in [2.45, 2.75) is 6.92 Å². The van der Waals surface area contributed by atoms with Gasteiger partial charge in [0.15, 0.2) is 11.5 Å². The molecule has 0 atom stereocenters. The van der Waals surface area contributed by atoms with Gasteiger partial charge in [-0.05, 0) is 31.2 Å². The number of aromatic nitrogens is 4. The van der Waals surface area contributed by atoms with Gasteiger partial charge < -0.3 is 11.5 Å². The lowest BCUT2D eigenvalue weighted by atomic mass is 10.3. The second-order valence-electron chi connectivity index (χ2n) is 6.60. The van der Waals surface area contributed by atoms with Gasteiger partial charge >= 0.3 is 0 Å². The van der Waals surface area contributed by atoms with Gasteiger partial charge in [0.1, 0.15) is 5.82 Å². The van der Waals surface area contributed by atoms with E-state index in [-0.39, 0.29) is 11.4 Å². The number of para-hydroxylation sites is 2. The van der Waals surface area contributed by atoms with E-state index in [0.717, 1.165) is 17.1 Å². The Hall–Kier alpha value is -4.07. The fourth-order valence-electron chi connectivity index (χ4n) is 3.19. The molecular weight excluding hydrogens is 366 g/mol. The third kappa shape index (κ3) is 3.10. The van der Waals surface area contributed by atoms with Gasteiger partial charge in [-0.15, -0.1) is 5.10 Å². The van der Waals surface area contributed by atoms with Crippen molar-refractivity contribution >= 4 is 23.5 Å². The van der Waals surface area contributed by atoms with Crippen LogP contribution in [0.4, 0.5) is 17.3 Å². The average Bonchev–Trinajstić information content (AvgIpc) is 3.14. The summed E-state index contributed by atoms with van der Waals surface area (Å²) in [4.78, 5) is 17.4. The molecule has 4 N–H and O–H groups in total. The van der Waals surface area contributed by atoms with Gasteiger partial charge in [-0.1, -0.05) is 36.4 Å². The predicted octanol–water partition coefficient (Wildman–Crippen LogP) is 2.59. The maximum absolute atomic E-state index is 13.0. The van der Waals surface area contributed by atoms with Gasteiger partial charge in [0.25, 0.3) is 5.56 Å². The van der Waals surface area contributed by atoms with Crippen molar-refractivity contribution in [3.63, 3.8) is 0 Å². The number of rotatable bonds is 4. The quantitative estimate of drug-likeness (QED) is 0.525. The Morgan fingerprint density at radius 3 is 2.17 bits per heavy atom. The second-order valence-corrected chi connectivity index (χ2v) is 6.60.